The van der Waals surface area contributed by atoms with Crippen molar-refractivity contribution < 1.29 is 14.3 Å². The van der Waals surface area contributed by atoms with Gasteiger partial charge < -0.3 is 15.5 Å². The molecular weight excluding hydrogens is 352 g/mol. The Bertz CT molecular complexity index is 738. The minimum Gasteiger partial charge on any atom is -0.392 e. The lowest BCUT2D eigenvalue weighted by Crippen LogP contribution is -2.35. The van der Waals surface area contributed by atoms with Crippen LogP contribution >= 0.6 is 0 Å². The van der Waals surface area contributed by atoms with E-state index in [1.54, 1.807) is 0 Å². The zero-order chi connectivity index (χ0) is 20.2. The number of fused-ring (bicyclic) bond motifs is 1. The van der Waals surface area contributed by atoms with Gasteiger partial charge in [-0.15, -0.1) is 0 Å². The number of benzene rings is 1. The van der Waals surface area contributed by atoms with Gasteiger partial charge in [0, 0.05) is 29.9 Å². The van der Waals surface area contributed by atoms with Gasteiger partial charge in [-0.25, -0.2) is 4.79 Å². The van der Waals surface area contributed by atoms with Crippen LogP contribution in [0.3, 0.4) is 0 Å². The summed E-state index contributed by atoms with van der Waals surface area (Å²) in [5, 5.41) is 1.03. The lowest BCUT2D eigenvalue weighted by molar-refractivity contribution is -0.160. The maximum Gasteiger partial charge on any atom is 0.330 e. The van der Waals surface area contributed by atoms with E-state index in [0.717, 1.165) is 35.7 Å². The van der Waals surface area contributed by atoms with Gasteiger partial charge in [0.2, 0.25) is 0 Å². The molecule has 2 aromatic rings. The third kappa shape index (κ3) is 7.47. The smallest absolute Gasteiger partial charge is 0.330 e. The van der Waals surface area contributed by atoms with Crippen molar-refractivity contribution in [1.82, 2.24) is 4.98 Å². The summed E-state index contributed by atoms with van der Waals surface area (Å²) in [4.78, 5) is 27.1. The third-order valence-electron chi connectivity index (χ3n) is 5.12. The number of hydrogen-bond acceptors (Lipinski definition) is 4. The van der Waals surface area contributed by atoms with Crippen molar-refractivity contribution in [3.8, 4) is 0 Å². The number of ether oxygens (including phenoxy) is 1. The minimum atomic E-state index is -0.841. The molecule has 0 spiro atoms. The molecule has 0 aliphatic heterocycles. The molecule has 0 fully saturated rings. The van der Waals surface area contributed by atoms with Gasteiger partial charge >= 0.3 is 11.9 Å². The molecule has 5 nitrogen and oxygen atoms in total. The second kappa shape index (κ2) is 12.3. The summed E-state index contributed by atoms with van der Waals surface area (Å²) < 4.78 is 4.93. The summed E-state index contributed by atoms with van der Waals surface area (Å²) in [6.07, 6.45) is 13.1. The van der Waals surface area contributed by atoms with E-state index in [2.05, 4.69) is 11.9 Å². The fraction of sp³-hybridized carbons (Fsp3) is 0.565. The van der Waals surface area contributed by atoms with Crippen LogP contribution in [0.15, 0.2) is 30.5 Å². The topological polar surface area (TPSA) is 85.2 Å². The number of hydrogen-bond donors (Lipinski definition) is 2. The summed E-state index contributed by atoms with van der Waals surface area (Å²) in [7, 11) is 0. The monoisotopic (exact) mass is 386 g/mol. The molecule has 1 aromatic carbocycles. The van der Waals surface area contributed by atoms with Crippen molar-refractivity contribution in [3.63, 3.8) is 0 Å². The van der Waals surface area contributed by atoms with E-state index < -0.39 is 18.0 Å². The molecule has 0 aliphatic rings. The first-order valence-corrected chi connectivity index (χ1v) is 10.7. The van der Waals surface area contributed by atoms with Gasteiger partial charge in [-0.05, 0) is 18.1 Å². The highest BCUT2D eigenvalue weighted by Crippen LogP contribution is 2.19. The Morgan fingerprint density at radius 3 is 2.36 bits per heavy atom. The molecule has 1 heterocycles. The summed E-state index contributed by atoms with van der Waals surface area (Å²) in [5.74, 6) is -1.12. The fourth-order valence-electron chi connectivity index (χ4n) is 3.44. The molecule has 0 saturated carbocycles. The Balaban J connectivity index is 1.60. The van der Waals surface area contributed by atoms with E-state index in [0.29, 0.717) is 6.42 Å². The van der Waals surface area contributed by atoms with Crippen molar-refractivity contribution in [2.45, 2.75) is 83.6 Å². The Morgan fingerprint density at radius 2 is 1.64 bits per heavy atom. The fourth-order valence-corrected chi connectivity index (χ4v) is 3.44. The lowest BCUT2D eigenvalue weighted by atomic mass is 10.1. The third-order valence-corrected chi connectivity index (χ3v) is 5.12. The summed E-state index contributed by atoms with van der Waals surface area (Å²) in [5.41, 5.74) is 7.90. The average Bonchev–Trinajstić information content (AvgIpc) is 3.09. The number of nitrogens with two attached hydrogens (primary N) is 1. The molecular formula is C23H34N2O3. The molecule has 5 heteroatoms. The molecule has 3 N–H and O–H groups in total. The minimum absolute atomic E-state index is 0.279. The molecule has 0 amide bonds. The summed E-state index contributed by atoms with van der Waals surface area (Å²) in [6, 6.07) is 7.00. The SMILES string of the molecule is CCCCCCCCCCCC(=O)OC(=O)[C@@H](N)Cc1c[nH]c2ccccc12. The predicted octanol–water partition coefficient (Wildman–Crippen LogP) is 5.03. The van der Waals surface area contributed by atoms with Gasteiger partial charge in [0.25, 0.3) is 0 Å². The number of carbonyl (C=O) groups is 2. The van der Waals surface area contributed by atoms with E-state index in [1.165, 1.54) is 38.5 Å². The molecule has 0 bridgehead atoms. The number of esters is 2. The predicted molar refractivity (Wildman–Crippen MR) is 113 cm³/mol. The van der Waals surface area contributed by atoms with Gasteiger partial charge in [-0.1, -0.05) is 76.5 Å². The number of para-hydroxylation sites is 1. The van der Waals surface area contributed by atoms with Gasteiger partial charge in [-0.2, -0.15) is 0 Å². The zero-order valence-electron chi connectivity index (χ0n) is 17.0. The zero-order valence-corrected chi connectivity index (χ0v) is 17.0. The summed E-state index contributed by atoms with van der Waals surface area (Å²) in [6.45, 7) is 2.22. The number of aromatic amines is 1. The van der Waals surface area contributed by atoms with Crippen LogP contribution in [0.1, 0.15) is 76.7 Å². The number of carbonyl (C=O) groups excluding carboxylic acids is 2. The molecule has 0 radical (unpaired) electrons. The number of nitrogens with one attached hydrogen (secondary N) is 1. The highest BCUT2D eigenvalue weighted by atomic mass is 16.6. The van der Waals surface area contributed by atoms with E-state index in [4.69, 9.17) is 10.5 Å². The van der Waals surface area contributed by atoms with E-state index in [-0.39, 0.29) is 6.42 Å². The number of unbranched alkanes of at least 4 members (excludes halogenated alkanes) is 8. The van der Waals surface area contributed by atoms with Crippen molar-refractivity contribution in [2.24, 2.45) is 5.73 Å². The summed E-state index contributed by atoms with van der Waals surface area (Å²) >= 11 is 0. The standard InChI is InChI=1S/C23H34N2O3/c1-2-3-4-5-6-7-8-9-10-15-22(26)28-23(27)20(24)16-18-17-25-21-14-12-11-13-19(18)21/h11-14,17,20,25H,2-10,15-16,24H2,1H3/t20-/m0/s1. The quantitative estimate of drug-likeness (QED) is 0.287. The molecule has 0 unspecified atom stereocenters. The average molecular weight is 387 g/mol. The first-order chi connectivity index (χ1) is 13.6. The number of aromatic nitrogens is 1. The molecule has 1 aromatic heterocycles. The van der Waals surface area contributed by atoms with Gasteiger partial charge in [-0.3, -0.25) is 4.79 Å². The van der Waals surface area contributed by atoms with Crippen LogP contribution in [-0.2, 0) is 20.7 Å². The van der Waals surface area contributed by atoms with Crippen LogP contribution < -0.4 is 5.73 Å². The second-order valence-electron chi connectivity index (χ2n) is 7.54. The van der Waals surface area contributed by atoms with E-state index >= 15 is 0 Å². The highest BCUT2D eigenvalue weighted by Gasteiger charge is 2.20. The van der Waals surface area contributed by atoms with Crippen LogP contribution in [0, 0.1) is 0 Å². The Hall–Kier alpha value is -2.14. The van der Waals surface area contributed by atoms with Gasteiger partial charge in [0.1, 0.15) is 6.04 Å². The van der Waals surface area contributed by atoms with Crippen LogP contribution in [0.4, 0.5) is 0 Å². The lowest BCUT2D eigenvalue weighted by Gasteiger charge is -2.10. The maximum atomic E-state index is 12.1. The van der Waals surface area contributed by atoms with Gasteiger partial charge in [0.15, 0.2) is 0 Å². The van der Waals surface area contributed by atoms with Crippen molar-refractivity contribution >= 4 is 22.8 Å². The largest absolute Gasteiger partial charge is 0.392 e. The van der Waals surface area contributed by atoms with Crippen molar-refractivity contribution in [3.05, 3.63) is 36.0 Å². The van der Waals surface area contributed by atoms with E-state index in [9.17, 15) is 9.59 Å². The van der Waals surface area contributed by atoms with Crippen LogP contribution in [0.2, 0.25) is 0 Å². The number of rotatable bonds is 13. The van der Waals surface area contributed by atoms with Crippen molar-refractivity contribution in [2.75, 3.05) is 0 Å². The maximum absolute atomic E-state index is 12.1. The van der Waals surface area contributed by atoms with Crippen LogP contribution in [0.25, 0.3) is 10.9 Å². The van der Waals surface area contributed by atoms with Gasteiger partial charge in [0.05, 0.1) is 0 Å². The second-order valence-corrected chi connectivity index (χ2v) is 7.54. The Kier molecular flexibility index (Phi) is 9.77. The first-order valence-electron chi connectivity index (χ1n) is 10.7. The van der Waals surface area contributed by atoms with E-state index in [1.807, 2.05) is 30.5 Å². The highest BCUT2D eigenvalue weighted by molar-refractivity contribution is 5.89. The molecule has 0 saturated heterocycles. The molecule has 2 rings (SSSR count). The van der Waals surface area contributed by atoms with Crippen LogP contribution in [0.5, 0.6) is 0 Å². The number of H-pyrrole nitrogens is 1. The Morgan fingerprint density at radius 1 is 1.00 bits per heavy atom. The van der Waals surface area contributed by atoms with Crippen LogP contribution in [-0.4, -0.2) is 23.0 Å². The molecule has 1 atom stereocenters. The normalized spacial score (nSPS) is 12.2. The molecule has 0 aliphatic carbocycles. The van der Waals surface area contributed by atoms with Crippen molar-refractivity contribution in [1.29, 1.82) is 0 Å². The molecule has 28 heavy (non-hydrogen) atoms. The Labute approximate surface area is 168 Å². The first kappa shape index (κ1) is 22.2. The molecule has 154 valence electrons.